The Morgan fingerprint density at radius 1 is 1.35 bits per heavy atom. The Balaban J connectivity index is 2.16. The third-order valence-corrected chi connectivity index (χ3v) is 4.13. The predicted molar refractivity (Wildman–Crippen MR) is 81.3 cm³/mol. The largest absolute Gasteiger partial charge is 0.416 e. The molecule has 1 aliphatic heterocycles. The number of alkyl halides is 3. The van der Waals surface area contributed by atoms with E-state index in [1.165, 1.54) is 6.07 Å². The van der Waals surface area contributed by atoms with Crippen molar-refractivity contribution in [2.45, 2.75) is 19.1 Å². The fourth-order valence-electron chi connectivity index (χ4n) is 2.83. The quantitative estimate of drug-likeness (QED) is 0.852. The lowest BCUT2D eigenvalue weighted by Crippen LogP contribution is -2.52. The molecular weight excluding hydrogens is 307 g/mol. The van der Waals surface area contributed by atoms with Gasteiger partial charge in [0.05, 0.1) is 23.4 Å². The fourth-order valence-corrected chi connectivity index (χ4v) is 2.83. The second-order valence-corrected chi connectivity index (χ2v) is 5.67. The highest BCUT2D eigenvalue weighted by molar-refractivity contribution is 5.61. The molecular formula is C16H20F3N3O. The minimum atomic E-state index is -4.43. The average Bonchev–Trinajstić information content (AvgIpc) is 2.52. The van der Waals surface area contributed by atoms with Crippen LogP contribution in [0.2, 0.25) is 0 Å². The van der Waals surface area contributed by atoms with E-state index in [9.17, 15) is 18.4 Å². The molecule has 1 heterocycles. The zero-order valence-corrected chi connectivity index (χ0v) is 13.2. The summed E-state index contributed by atoms with van der Waals surface area (Å²) in [4.78, 5) is 4.25. The SMILES string of the molecule is COCCN1CCN(c2ccc(C(F)(F)F)cc2C#N)CC1C. The van der Waals surface area contributed by atoms with E-state index >= 15 is 0 Å². The maximum Gasteiger partial charge on any atom is 0.416 e. The van der Waals surface area contributed by atoms with Crippen LogP contribution in [0.1, 0.15) is 18.1 Å². The van der Waals surface area contributed by atoms with Crippen LogP contribution in [-0.2, 0) is 10.9 Å². The number of anilines is 1. The van der Waals surface area contributed by atoms with E-state index < -0.39 is 11.7 Å². The van der Waals surface area contributed by atoms with Gasteiger partial charge in [-0.25, -0.2) is 0 Å². The van der Waals surface area contributed by atoms with Crippen LogP contribution in [0.15, 0.2) is 18.2 Å². The smallest absolute Gasteiger partial charge is 0.383 e. The number of nitrogens with zero attached hydrogens (tertiary/aromatic N) is 3. The summed E-state index contributed by atoms with van der Waals surface area (Å²) in [6, 6.07) is 5.50. The summed E-state index contributed by atoms with van der Waals surface area (Å²) in [7, 11) is 1.66. The van der Waals surface area contributed by atoms with Gasteiger partial charge in [0.25, 0.3) is 0 Å². The minimum absolute atomic E-state index is 0.0670. The molecule has 7 heteroatoms. The lowest BCUT2D eigenvalue weighted by Gasteiger charge is -2.41. The summed E-state index contributed by atoms with van der Waals surface area (Å²) in [5, 5.41) is 9.20. The number of ether oxygens (including phenoxy) is 1. The van der Waals surface area contributed by atoms with Crippen molar-refractivity contribution in [3.8, 4) is 6.07 Å². The van der Waals surface area contributed by atoms with E-state index in [4.69, 9.17) is 4.74 Å². The number of rotatable bonds is 4. The van der Waals surface area contributed by atoms with Crippen molar-refractivity contribution in [1.82, 2.24) is 4.90 Å². The van der Waals surface area contributed by atoms with Gasteiger partial charge in [-0.2, -0.15) is 18.4 Å². The van der Waals surface area contributed by atoms with Gasteiger partial charge in [0.15, 0.2) is 0 Å². The van der Waals surface area contributed by atoms with Crippen LogP contribution in [0.5, 0.6) is 0 Å². The van der Waals surface area contributed by atoms with Gasteiger partial charge in [0, 0.05) is 39.3 Å². The van der Waals surface area contributed by atoms with Crippen LogP contribution in [-0.4, -0.2) is 50.8 Å². The molecule has 126 valence electrons. The highest BCUT2D eigenvalue weighted by Crippen LogP contribution is 2.33. The molecule has 1 atom stereocenters. The number of halogens is 3. The van der Waals surface area contributed by atoms with E-state index in [1.54, 1.807) is 7.11 Å². The molecule has 1 aliphatic rings. The first-order valence-corrected chi connectivity index (χ1v) is 7.46. The number of hydrogen-bond acceptors (Lipinski definition) is 4. The minimum Gasteiger partial charge on any atom is -0.383 e. The molecule has 1 saturated heterocycles. The predicted octanol–water partition coefficient (Wildman–Crippen LogP) is 2.73. The second-order valence-electron chi connectivity index (χ2n) is 5.67. The third-order valence-electron chi connectivity index (χ3n) is 4.13. The van der Waals surface area contributed by atoms with Crippen molar-refractivity contribution in [2.75, 3.05) is 44.8 Å². The van der Waals surface area contributed by atoms with Crippen LogP contribution in [0, 0.1) is 11.3 Å². The van der Waals surface area contributed by atoms with Crippen molar-refractivity contribution in [3.05, 3.63) is 29.3 Å². The van der Waals surface area contributed by atoms with Gasteiger partial charge in [0.1, 0.15) is 6.07 Å². The summed E-state index contributed by atoms with van der Waals surface area (Å²) in [5.74, 6) is 0. The van der Waals surface area contributed by atoms with Crippen LogP contribution >= 0.6 is 0 Å². The molecule has 0 amide bonds. The number of hydrogen-bond donors (Lipinski definition) is 0. The maximum atomic E-state index is 12.8. The Morgan fingerprint density at radius 3 is 2.65 bits per heavy atom. The van der Waals surface area contributed by atoms with Crippen LogP contribution < -0.4 is 4.90 Å². The lowest BCUT2D eigenvalue weighted by molar-refractivity contribution is -0.137. The van der Waals surface area contributed by atoms with Crippen molar-refractivity contribution >= 4 is 5.69 Å². The van der Waals surface area contributed by atoms with Gasteiger partial charge in [-0.3, -0.25) is 4.90 Å². The van der Waals surface area contributed by atoms with Crippen molar-refractivity contribution < 1.29 is 17.9 Å². The molecule has 0 N–H and O–H groups in total. The standard InChI is InChI=1S/C16H20F3N3O/c1-12-11-22(6-5-21(12)7-8-23-2)15-4-3-14(16(17,18)19)9-13(15)10-20/h3-4,9,12H,5-8,11H2,1-2H3. The first kappa shape index (κ1) is 17.6. The summed E-state index contributed by atoms with van der Waals surface area (Å²) in [5.41, 5.74) is -0.152. The number of benzene rings is 1. The molecule has 23 heavy (non-hydrogen) atoms. The Hall–Kier alpha value is -1.78. The van der Waals surface area contributed by atoms with E-state index in [0.717, 1.165) is 25.2 Å². The summed E-state index contributed by atoms with van der Waals surface area (Å²) in [6.07, 6.45) is -4.43. The second kappa shape index (κ2) is 7.20. The molecule has 0 aromatic heterocycles. The van der Waals surface area contributed by atoms with Crippen LogP contribution in [0.4, 0.5) is 18.9 Å². The number of methoxy groups -OCH3 is 1. The van der Waals surface area contributed by atoms with Crippen molar-refractivity contribution in [1.29, 1.82) is 5.26 Å². The Bertz CT molecular complexity index is 583. The van der Waals surface area contributed by atoms with Gasteiger partial charge >= 0.3 is 6.18 Å². The van der Waals surface area contributed by atoms with E-state index in [1.807, 2.05) is 11.0 Å². The topological polar surface area (TPSA) is 39.5 Å². The van der Waals surface area contributed by atoms with Crippen molar-refractivity contribution in [3.63, 3.8) is 0 Å². The zero-order valence-electron chi connectivity index (χ0n) is 13.2. The van der Waals surface area contributed by atoms with Gasteiger partial charge in [-0.15, -0.1) is 0 Å². The molecule has 1 aromatic carbocycles. The molecule has 0 radical (unpaired) electrons. The molecule has 1 fully saturated rings. The monoisotopic (exact) mass is 327 g/mol. The van der Waals surface area contributed by atoms with Crippen molar-refractivity contribution in [2.24, 2.45) is 0 Å². The normalized spacial score (nSPS) is 19.7. The molecule has 4 nitrogen and oxygen atoms in total. The van der Waals surface area contributed by atoms with Gasteiger partial charge in [-0.05, 0) is 25.1 Å². The third kappa shape index (κ3) is 4.15. The Morgan fingerprint density at radius 2 is 2.09 bits per heavy atom. The van der Waals surface area contributed by atoms with Gasteiger partial charge in [-0.1, -0.05) is 0 Å². The summed E-state index contributed by atoms with van der Waals surface area (Å²) in [6.45, 7) is 5.67. The molecule has 0 bridgehead atoms. The first-order chi connectivity index (χ1) is 10.9. The van der Waals surface area contributed by atoms with E-state index in [2.05, 4.69) is 11.8 Å². The number of piperazine rings is 1. The molecule has 2 rings (SSSR count). The Labute approximate surface area is 134 Å². The van der Waals surface area contributed by atoms with Crippen LogP contribution in [0.3, 0.4) is 0 Å². The summed E-state index contributed by atoms with van der Waals surface area (Å²) < 4.78 is 43.4. The van der Waals surface area contributed by atoms with Crippen LogP contribution in [0.25, 0.3) is 0 Å². The van der Waals surface area contributed by atoms with Gasteiger partial charge in [0.2, 0.25) is 0 Å². The summed E-state index contributed by atoms with van der Waals surface area (Å²) >= 11 is 0. The number of nitriles is 1. The fraction of sp³-hybridized carbons (Fsp3) is 0.562. The van der Waals surface area contributed by atoms with E-state index in [0.29, 0.717) is 25.4 Å². The highest BCUT2D eigenvalue weighted by Gasteiger charge is 2.32. The zero-order chi connectivity index (χ0) is 17.0. The maximum absolute atomic E-state index is 12.8. The molecule has 0 saturated carbocycles. The highest BCUT2D eigenvalue weighted by atomic mass is 19.4. The molecule has 0 aliphatic carbocycles. The van der Waals surface area contributed by atoms with E-state index in [-0.39, 0.29) is 11.6 Å². The Kier molecular flexibility index (Phi) is 5.50. The first-order valence-electron chi connectivity index (χ1n) is 7.46. The average molecular weight is 327 g/mol. The molecule has 0 spiro atoms. The van der Waals surface area contributed by atoms with Gasteiger partial charge < -0.3 is 9.64 Å². The molecule has 1 aromatic rings. The lowest BCUT2D eigenvalue weighted by atomic mass is 10.1. The molecule has 1 unspecified atom stereocenters.